The van der Waals surface area contributed by atoms with Crippen molar-refractivity contribution < 1.29 is 22.7 Å². The van der Waals surface area contributed by atoms with E-state index in [0.717, 1.165) is 34.5 Å². The van der Waals surface area contributed by atoms with Crippen molar-refractivity contribution in [3.63, 3.8) is 0 Å². The molecule has 0 fully saturated rings. The molecule has 1 amide bonds. The molecule has 0 aliphatic rings. The number of hydrogen-bond acceptors (Lipinski definition) is 6. The summed E-state index contributed by atoms with van der Waals surface area (Å²) in [5, 5.41) is 3.91. The highest BCUT2D eigenvalue weighted by molar-refractivity contribution is 7.22. The highest BCUT2D eigenvalue weighted by Crippen LogP contribution is 2.34. The van der Waals surface area contributed by atoms with Crippen LogP contribution < -0.4 is 15.0 Å². The largest absolute Gasteiger partial charge is 0.573 e. The predicted octanol–water partition coefficient (Wildman–Crippen LogP) is 6.77. The molecule has 3 aromatic carbocycles. The maximum Gasteiger partial charge on any atom is 0.573 e. The lowest BCUT2D eigenvalue weighted by molar-refractivity contribution is -0.274. The fraction of sp³-hybridized carbons (Fsp3) is 0.231. The number of nitrogens with one attached hydrogen (secondary N) is 1. The molecule has 37 heavy (non-hydrogen) atoms. The summed E-state index contributed by atoms with van der Waals surface area (Å²) in [7, 11) is 6.06. The molecule has 4 rings (SSSR count). The average Bonchev–Trinajstić information content (AvgIpc) is 3.25. The van der Waals surface area contributed by atoms with Crippen LogP contribution in [0.3, 0.4) is 0 Å². The van der Waals surface area contributed by atoms with Crippen molar-refractivity contribution in [2.24, 2.45) is 0 Å². The molecule has 0 aliphatic carbocycles. The number of carbonyl (C=O) groups is 1. The van der Waals surface area contributed by atoms with E-state index in [4.69, 9.17) is 11.6 Å². The number of halogens is 4. The van der Waals surface area contributed by atoms with Gasteiger partial charge in [-0.2, -0.15) is 0 Å². The molecule has 6 nitrogen and oxygen atoms in total. The van der Waals surface area contributed by atoms with Crippen molar-refractivity contribution in [3.8, 4) is 16.9 Å². The van der Waals surface area contributed by atoms with Crippen molar-refractivity contribution in [1.29, 1.82) is 0 Å². The predicted molar refractivity (Wildman–Crippen MR) is 143 cm³/mol. The first-order chi connectivity index (χ1) is 17.5. The van der Waals surface area contributed by atoms with Crippen molar-refractivity contribution in [1.82, 2.24) is 9.88 Å². The third kappa shape index (κ3) is 6.91. The number of likely N-dealkylation sites (N-methyl/N-ethyl adjacent to an activating group) is 2. The van der Waals surface area contributed by atoms with Crippen molar-refractivity contribution in [2.75, 3.05) is 44.4 Å². The molecule has 0 atom stereocenters. The smallest absolute Gasteiger partial charge is 0.406 e. The van der Waals surface area contributed by atoms with Gasteiger partial charge in [0, 0.05) is 37.0 Å². The number of rotatable bonds is 8. The van der Waals surface area contributed by atoms with E-state index in [1.807, 2.05) is 39.3 Å². The van der Waals surface area contributed by atoms with Gasteiger partial charge < -0.3 is 19.9 Å². The normalized spacial score (nSPS) is 11.7. The van der Waals surface area contributed by atoms with E-state index in [1.165, 1.54) is 12.1 Å². The SMILES string of the molecule is CN(C)CCN(C)c1nc2ccc(NC(=O)c3ccc(-c4ccc(OC(F)(F)F)cc4Cl)cc3)cc2s1. The fourth-order valence-corrected chi connectivity index (χ4v) is 4.80. The molecule has 0 aliphatic heterocycles. The van der Waals surface area contributed by atoms with Crippen LogP contribution in [0.1, 0.15) is 10.4 Å². The molecule has 1 heterocycles. The number of hydrogen-bond donors (Lipinski definition) is 1. The van der Waals surface area contributed by atoms with Crippen LogP contribution >= 0.6 is 22.9 Å². The summed E-state index contributed by atoms with van der Waals surface area (Å²) >= 11 is 7.73. The van der Waals surface area contributed by atoms with Crippen LogP contribution in [0.15, 0.2) is 60.7 Å². The van der Waals surface area contributed by atoms with Gasteiger partial charge in [-0.3, -0.25) is 4.79 Å². The molecule has 11 heteroatoms. The summed E-state index contributed by atoms with van der Waals surface area (Å²) in [6.07, 6.45) is -4.80. The van der Waals surface area contributed by atoms with Gasteiger partial charge in [-0.1, -0.05) is 35.1 Å². The second-order valence-corrected chi connectivity index (χ2v) is 10.0. The Morgan fingerprint density at radius 1 is 1.03 bits per heavy atom. The van der Waals surface area contributed by atoms with Gasteiger partial charge in [0.2, 0.25) is 0 Å². The molecule has 0 saturated carbocycles. The maximum atomic E-state index is 12.8. The van der Waals surface area contributed by atoms with E-state index < -0.39 is 12.1 Å². The van der Waals surface area contributed by atoms with Gasteiger partial charge >= 0.3 is 6.36 Å². The summed E-state index contributed by atoms with van der Waals surface area (Å²) in [5.74, 6) is -0.693. The molecule has 4 aromatic rings. The molecule has 194 valence electrons. The number of fused-ring (bicyclic) bond motifs is 1. The lowest BCUT2D eigenvalue weighted by Gasteiger charge is -2.18. The first-order valence-corrected chi connectivity index (χ1v) is 12.4. The number of anilines is 2. The highest BCUT2D eigenvalue weighted by atomic mass is 35.5. The lowest BCUT2D eigenvalue weighted by Crippen LogP contribution is -2.28. The monoisotopic (exact) mass is 548 g/mol. The van der Waals surface area contributed by atoms with Crippen molar-refractivity contribution in [2.45, 2.75) is 6.36 Å². The number of ether oxygens (including phenoxy) is 1. The minimum Gasteiger partial charge on any atom is -0.406 e. The first kappa shape index (κ1) is 26.7. The van der Waals surface area contributed by atoms with E-state index in [2.05, 4.69) is 24.8 Å². The van der Waals surface area contributed by atoms with Gasteiger partial charge in [-0.15, -0.1) is 13.2 Å². The number of nitrogens with zero attached hydrogens (tertiary/aromatic N) is 3. The van der Waals surface area contributed by atoms with E-state index in [1.54, 1.807) is 35.6 Å². The van der Waals surface area contributed by atoms with Gasteiger partial charge in [0.15, 0.2) is 5.13 Å². The van der Waals surface area contributed by atoms with Crippen molar-refractivity contribution in [3.05, 3.63) is 71.2 Å². The number of benzene rings is 3. The third-order valence-corrected chi connectivity index (χ3v) is 6.92. The van der Waals surface area contributed by atoms with Gasteiger partial charge in [0.1, 0.15) is 5.75 Å². The van der Waals surface area contributed by atoms with E-state index >= 15 is 0 Å². The molecule has 0 unspecified atom stereocenters. The second-order valence-electron chi connectivity index (χ2n) is 8.62. The van der Waals surface area contributed by atoms with Crippen LogP contribution in [0.4, 0.5) is 24.0 Å². The first-order valence-electron chi connectivity index (χ1n) is 11.2. The van der Waals surface area contributed by atoms with Crippen molar-refractivity contribution >= 4 is 49.9 Å². The Labute approximate surface area is 221 Å². The van der Waals surface area contributed by atoms with E-state index in [9.17, 15) is 18.0 Å². The van der Waals surface area contributed by atoms with E-state index in [-0.39, 0.29) is 10.9 Å². The number of carbonyl (C=O) groups excluding carboxylic acids is 1. The number of amides is 1. The zero-order chi connectivity index (χ0) is 26.7. The number of alkyl halides is 3. The maximum absolute atomic E-state index is 12.8. The van der Waals surface area contributed by atoms with Gasteiger partial charge in [-0.05, 0) is 68.2 Å². The molecular weight excluding hydrogens is 525 g/mol. The summed E-state index contributed by atoms with van der Waals surface area (Å²) < 4.78 is 42.1. The average molecular weight is 549 g/mol. The summed E-state index contributed by atoms with van der Waals surface area (Å²) in [6, 6.07) is 15.9. The third-order valence-electron chi connectivity index (χ3n) is 5.48. The summed E-state index contributed by atoms with van der Waals surface area (Å²) in [5.41, 5.74) is 3.10. The van der Waals surface area contributed by atoms with Crippen LogP contribution in [0.5, 0.6) is 5.75 Å². The topological polar surface area (TPSA) is 57.7 Å². The fourth-order valence-electron chi connectivity index (χ4n) is 3.53. The van der Waals surface area contributed by atoms with Crippen LogP contribution in [-0.2, 0) is 0 Å². The highest BCUT2D eigenvalue weighted by Gasteiger charge is 2.31. The quantitative estimate of drug-likeness (QED) is 0.263. The lowest BCUT2D eigenvalue weighted by atomic mass is 10.0. The summed E-state index contributed by atoms with van der Waals surface area (Å²) in [4.78, 5) is 21.7. The number of thiazole rings is 1. The minimum atomic E-state index is -4.80. The molecule has 0 bridgehead atoms. The zero-order valence-corrected chi connectivity index (χ0v) is 21.8. The molecule has 0 radical (unpaired) electrons. The Kier molecular flexibility index (Phi) is 7.91. The molecular formula is C26H24ClF3N4O2S. The van der Waals surface area contributed by atoms with Gasteiger partial charge in [0.05, 0.1) is 15.2 Å². The van der Waals surface area contributed by atoms with Crippen LogP contribution in [-0.4, -0.2) is 56.4 Å². The minimum absolute atomic E-state index is 0.101. The Hall–Kier alpha value is -3.34. The Balaban J connectivity index is 1.44. The van der Waals surface area contributed by atoms with Gasteiger partial charge in [-0.25, -0.2) is 4.98 Å². The molecule has 1 aromatic heterocycles. The second kappa shape index (κ2) is 11.0. The summed E-state index contributed by atoms with van der Waals surface area (Å²) in [6.45, 7) is 1.76. The van der Waals surface area contributed by atoms with Crippen LogP contribution in [0, 0.1) is 0 Å². The molecule has 0 spiro atoms. The number of aromatic nitrogens is 1. The molecule has 1 N–H and O–H groups in total. The Morgan fingerprint density at radius 2 is 1.76 bits per heavy atom. The Bertz CT molecular complexity index is 1410. The standard InChI is InChI=1S/C26H24ClF3N4O2S/c1-33(2)12-13-34(3)25-32-22-11-8-18(14-23(22)37-25)31-24(35)17-6-4-16(5-7-17)20-10-9-19(15-21(20)27)36-26(28,29)30/h4-11,14-15H,12-13H2,1-3H3,(H,31,35). The zero-order valence-electron chi connectivity index (χ0n) is 20.3. The van der Waals surface area contributed by atoms with Gasteiger partial charge in [0.25, 0.3) is 5.91 Å². The van der Waals surface area contributed by atoms with Crippen LogP contribution in [0.2, 0.25) is 5.02 Å². The van der Waals surface area contributed by atoms with E-state index in [0.29, 0.717) is 22.4 Å². The Morgan fingerprint density at radius 3 is 2.41 bits per heavy atom. The molecule has 0 saturated heterocycles. The van der Waals surface area contributed by atoms with Crippen LogP contribution in [0.25, 0.3) is 21.3 Å².